The summed E-state index contributed by atoms with van der Waals surface area (Å²) < 4.78 is 5.53. The van der Waals surface area contributed by atoms with Gasteiger partial charge in [0, 0.05) is 6.54 Å². The lowest BCUT2D eigenvalue weighted by Gasteiger charge is -2.25. The Bertz CT molecular complexity index is 607. The average molecular weight is 321 g/mol. The van der Waals surface area contributed by atoms with Crippen molar-refractivity contribution >= 4 is 22.5 Å². The van der Waals surface area contributed by atoms with E-state index in [1.807, 2.05) is 19.1 Å². The number of anilines is 1. The molecule has 3 rings (SSSR count). The van der Waals surface area contributed by atoms with Gasteiger partial charge in [-0.2, -0.15) is 0 Å². The largest absolute Gasteiger partial charge is 0.468 e. The van der Waals surface area contributed by atoms with E-state index in [4.69, 9.17) is 4.42 Å². The van der Waals surface area contributed by atoms with Crippen molar-refractivity contribution in [3.05, 3.63) is 29.2 Å². The van der Waals surface area contributed by atoms with Gasteiger partial charge in [-0.3, -0.25) is 10.2 Å². The summed E-state index contributed by atoms with van der Waals surface area (Å²) in [5, 5.41) is 14.7. The summed E-state index contributed by atoms with van der Waals surface area (Å²) in [7, 11) is 0. The molecule has 1 aliphatic heterocycles. The first-order valence-electron chi connectivity index (χ1n) is 7.35. The average Bonchev–Trinajstić information content (AvgIpc) is 3.22. The summed E-state index contributed by atoms with van der Waals surface area (Å²) in [6.07, 6.45) is 4.05. The molecule has 2 N–H and O–H groups in total. The monoisotopic (exact) mass is 321 g/mol. The molecule has 0 saturated carbocycles. The predicted molar refractivity (Wildman–Crippen MR) is 83.9 cm³/mol. The highest BCUT2D eigenvalue weighted by Crippen LogP contribution is 2.24. The minimum atomic E-state index is -0.271. The van der Waals surface area contributed by atoms with E-state index in [-0.39, 0.29) is 12.1 Å². The van der Waals surface area contributed by atoms with E-state index in [0.29, 0.717) is 11.7 Å². The molecule has 0 bridgehead atoms. The van der Waals surface area contributed by atoms with Crippen molar-refractivity contribution < 1.29 is 9.21 Å². The van der Waals surface area contributed by atoms with Gasteiger partial charge in [-0.05, 0) is 45.0 Å². The summed E-state index contributed by atoms with van der Waals surface area (Å²) in [6.45, 7) is 4.41. The molecule has 0 spiro atoms. The number of carbonyl (C=O) groups excluding carboxylic acids is 1. The van der Waals surface area contributed by atoms with E-state index in [2.05, 4.69) is 25.7 Å². The number of carbonyl (C=O) groups is 1. The Balaban J connectivity index is 1.57. The lowest BCUT2D eigenvalue weighted by atomic mass is 10.2. The zero-order chi connectivity index (χ0) is 15.4. The van der Waals surface area contributed by atoms with Crippen LogP contribution in [0.5, 0.6) is 0 Å². The molecule has 0 aromatic carbocycles. The molecule has 2 aromatic heterocycles. The van der Waals surface area contributed by atoms with Crippen LogP contribution in [0, 0.1) is 6.92 Å². The number of likely N-dealkylation sites (tertiary alicyclic amines) is 1. The molecule has 3 heterocycles. The molecule has 7 nitrogen and oxygen atoms in total. The molecule has 1 atom stereocenters. The van der Waals surface area contributed by atoms with Crippen molar-refractivity contribution in [1.82, 2.24) is 20.4 Å². The zero-order valence-electron chi connectivity index (χ0n) is 12.4. The van der Waals surface area contributed by atoms with Gasteiger partial charge in [0.25, 0.3) is 0 Å². The molecule has 8 heteroatoms. The Labute approximate surface area is 132 Å². The number of aryl methyl sites for hydroxylation is 1. The number of nitrogens with one attached hydrogen (secondary N) is 2. The number of furan rings is 1. The van der Waals surface area contributed by atoms with Crippen LogP contribution in [0.25, 0.3) is 0 Å². The van der Waals surface area contributed by atoms with Crippen LogP contribution in [0.4, 0.5) is 9.93 Å². The number of nitrogens with zero attached hydrogens (tertiary/aromatic N) is 3. The molecule has 0 aliphatic carbocycles. The van der Waals surface area contributed by atoms with Gasteiger partial charge < -0.3 is 9.73 Å². The van der Waals surface area contributed by atoms with Gasteiger partial charge in [0.05, 0.1) is 12.3 Å². The third kappa shape index (κ3) is 3.63. The molecule has 1 fully saturated rings. The Morgan fingerprint density at radius 1 is 1.45 bits per heavy atom. The molecule has 2 aromatic rings. The summed E-state index contributed by atoms with van der Waals surface area (Å²) in [6, 6.07) is 3.63. The zero-order valence-corrected chi connectivity index (χ0v) is 13.2. The van der Waals surface area contributed by atoms with Gasteiger partial charge in [0.15, 0.2) is 0 Å². The maximum atomic E-state index is 12.0. The third-order valence-corrected chi connectivity index (χ3v) is 4.41. The van der Waals surface area contributed by atoms with Crippen LogP contribution < -0.4 is 10.6 Å². The fourth-order valence-electron chi connectivity index (χ4n) is 2.62. The van der Waals surface area contributed by atoms with Gasteiger partial charge in [-0.1, -0.05) is 11.3 Å². The van der Waals surface area contributed by atoms with Gasteiger partial charge >= 0.3 is 6.03 Å². The van der Waals surface area contributed by atoms with Crippen molar-refractivity contribution in [3.8, 4) is 0 Å². The van der Waals surface area contributed by atoms with E-state index in [1.54, 1.807) is 6.26 Å². The number of hydrogen-bond donors (Lipinski definition) is 2. The fourth-order valence-corrected chi connectivity index (χ4v) is 3.21. The maximum absolute atomic E-state index is 12.0. The number of hydrogen-bond acceptors (Lipinski definition) is 6. The van der Waals surface area contributed by atoms with Gasteiger partial charge in [0.2, 0.25) is 5.13 Å². The normalized spacial score (nSPS) is 16.6. The highest BCUT2D eigenvalue weighted by Gasteiger charge is 2.25. The number of aromatic nitrogens is 2. The van der Waals surface area contributed by atoms with Gasteiger partial charge in [-0.15, -0.1) is 10.2 Å². The predicted octanol–water partition coefficient (Wildman–Crippen LogP) is 2.40. The number of rotatable bonds is 5. The first-order valence-corrected chi connectivity index (χ1v) is 8.16. The molecule has 1 aliphatic rings. The fraction of sp³-hybridized carbons (Fsp3) is 0.500. The molecule has 0 unspecified atom stereocenters. The van der Waals surface area contributed by atoms with Gasteiger partial charge in [-0.25, -0.2) is 4.79 Å². The Morgan fingerprint density at radius 2 is 2.27 bits per heavy atom. The first kappa shape index (κ1) is 15.0. The van der Waals surface area contributed by atoms with Crippen molar-refractivity contribution in [3.63, 3.8) is 0 Å². The maximum Gasteiger partial charge on any atom is 0.321 e. The Kier molecular flexibility index (Phi) is 4.69. The second-order valence-corrected chi connectivity index (χ2v) is 6.42. The van der Waals surface area contributed by atoms with Crippen LogP contribution in [-0.2, 0) is 0 Å². The van der Waals surface area contributed by atoms with Crippen LogP contribution in [0.15, 0.2) is 22.8 Å². The molecule has 2 amide bonds. The molecular weight excluding hydrogens is 302 g/mol. The van der Waals surface area contributed by atoms with Crippen LogP contribution in [0.3, 0.4) is 0 Å². The second-order valence-electron chi connectivity index (χ2n) is 5.24. The Morgan fingerprint density at radius 3 is 2.91 bits per heavy atom. The number of amides is 2. The standard InChI is InChI=1S/C14H19N5O2S/c1-10-17-18-14(22-10)16-13(20)15-9-11(12-5-4-8-21-12)19-6-2-3-7-19/h4-5,8,11H,2-3,6-7,9H2,1H3,(H2,15,16,18,20)/t11-/m1/s1. The van der Waals surface area contributed by atoms with E-state index < -0.39 is 0 Å². The number of urea groups is 1. The van der Waals surface area contributed by atoms with Crippen molar-refractivity contribution in [2.24, 2.45) is 0 Å². The SMILES string of the molecule is Cc1nnc(NC(=O)NC[C@H](c2ccco2)N2CCCC2)s1. The summed E-state index contributed by atoms with van der Waals surface area (Å²) in [5.74, 6) is 0.883. The molecule has 22 heavy (non-hydrogen) atoms. The molecule has 0 radical (unpaired) electrons. The lowest BCUT2D eigenvalue weighted by molar-refractivity contribution is 0.207. The first-order chi connectivity index (χ1) is 10.7. The highest BCUT2D eigenvalue weighted by molar-refractivity contribution is 7.15. The summed E-state index contributed by atoms with van der Waals surface area (Å²) in [5.41, 5.74) is 0. The van der Waals surface area contributed by atoms with E-state index in [1.165, 1.54) is 24.2 Å². The molecular formula is C14H19N5O2S. The topological polar surface area (TPSA) is 83.3 Å². The van der Waals surface area contributed by atoms with Crippen LogP contribution in [0.1, 0.15) is 29.7 Å². The lowest BCUT2D eigenvalue weighted by Crippen LogP contribution is -2.38. The van der Waals surface area contributed by atoms with E-state index in [9.17, 15) is 4.79 Å². The highest BCUT2D eigenvalue weighted by atomic mass is 32.1. The van der Waals surface area contributed by atoms with Crippen molar-refractivity contribution in [2.75, 3.05) is 25.0 Å². The smallest absolute Gasteiger partial charge is 0.321 e. The minimum Gasteiger partial charge on any atom is -0.468 e. The quantitative estimate of drug-likeness (QED) is 0.883. The summed E-state index contributed by atoms with van der Waals surface area (Å²) >= 11 is 1.35. The van der Waals surface area contributed by atoms with Crippen LogP contribution >= 0.6 is 11.3 Å². The third-order valence-electron chi connectivity index (χ3n) is 3.66. The van der Waals surface area contributed by atoms with Crippen molar-refractivity contribution in [1.29, 1.82) is 0 Å². The Hall–Kier alpha value is -1.93. The minimum absolute atomic E-state index is 0.0689. The van der Waals surface area contributed by atoms with E-state index in [0.717, 1.165) is 23.9 Å². The second kappa shape index (κ2) is 6.89. The molecule has 118 valence electrons. The van der Waals surface area contributed by atoms with Crippen molar-refractivity contribution in [2.45, 2.75) is 25.8 Å². The van der Waals surface area contributed by atoms with Crippen LogP contribution in [0.2, 0.25) is 0 Å². The van der Waals surface area contributed by atoms with Gasteiger partial charge in [0.1, 0.15) is 10.8 Å². The molecule has 1 saturated heterocycles. The van der Waals surface area contributed by atoms with E-state index >= 15 is 0 Å². The summed E-state index contributed by atoms with van der Waals surface area (Å²) in [4.78, 5) is 14.3. The van der Waals surface area contributed by atoms with Crippen LogP contribution in [-0.4, -0.2) is 40.8 Å².